The maximum Gasteiger partial charge on any atom is 0.239 e. The van der Waals surface area contributed by atoms with E-state index in [0.717, 1.165) is 0 Å². The third-order valence-corrected chi connectivity index (χ3v) is 6.73. The number of carbonyl (C=O) groups excluding carboxylic acids is 2. The van der Waals surface area contributed by atoms with Crippen molar-refractivity contribution < 1.29 is 27.5 Å². The van der Waals surface area contributed by atoms with E-state index in [4.69, 9.17) is 9.47 Å². The average Bonchev–Trinajstić information content (AvgIpc) is 3.00. The summed E-state index contributed by atoms with van der Waals surface area (Å²) >= 11 is 0. The Kier molecular flexibility index (Phi) is 5.07. The van der Waals surface area contributed by atoms with Crippen LogP contribution in [0.4, 0.5) is 5.69 Å². The molecular weight excluding hydrogens is 372 g/mol. The van der Waals surface area contributed by atoms with Gasteiger partial charge in [0.25, 0.3) is 0 Å². The van der Waals surface area contributed by atoms with Crippen LogP contribution in [0.5, 0.6) is 11.5 Å². The van der Waals surface area contributed by atoms with Crippen molar-refractivity contribution in [2.75, 3.05) is 37.1 Å². The fourth-order valence-electron chi connectivity index (χ4n) is 3.19. The van der Waals surface area contributed by atoms with E-state index in [2.05, 4.69) is 5.32 Å². The first-order valence-corrected chi connectivity index (χ1v) is 10.6. The largest absolute Gasteiger partial charge is 0.486 e. The third kappa shape index (κ3) is 4.02. The Labute approximate surface area is 158 Å². The first-order chi connectivity index (χ1) is 12.6. The second-order valence-electron chi connectivity index (χ2n) is 7.41. The maximum atomic E-state index is 12.9. The average molecular weight is 396 g/mol. The van der Waals surface area contributed by atoms with Crippen LogP contribution >= 0.6 is 0 Å². The molecule has 2 aliphatic heterocycles. The lowest BCUT2D eigenvalue weighted by atomic mass is 9.89. The minimum atomic E-state index is -3.12. The predicted molar refractivity (Wildman–Crippen MR) is 99.7 cm³/mol. The molecule has 1 fully saturated rings. The van der Waals surface area contributed by atoms with Gasteiger partial charge in [-0.25, -0.2) is 8.42 Å². The van der Waals surface area contributed by atoms with Crippen LogP contribution in [0, 0.1) is 5.41 Å². The number of carbonyl (C=O) groups is 2. The summed E-state index contributed by atoms with van der Waals surface area (Å²) in [6, 6.07) is 4.64. The van der Waals surface area contributed by atoms with Gasteiger partial charge in [0.15, 0.2) is 21.3 Å². The number of nitrogens with zero attached hydrogens (tertiary/aromatic N) is 1. The molecule has 1 unspecified atom stereocenters. The summed E-state index contributed by atoms with van der Waals surface area (Å²) in [7, 11) is -1.57. The SMILES string of the molecule is CN(C(=O)C(C)(C)C(=O)Nc1ccc2c(c1)OCCO2)C1CCS(=O)(=O)C1. The Morgan fingerprint density at radius 3 is 2.48 bits per heavy atom. The number of anilines is 1. The second-order valence-corrected chi connectivity index (χ2v) is 9.64. The topological polar surface area (TPSA) is 102 Å². The van der Waals surface area contributed by atoms with Crippen molar-refractivity contribution in [3.8, 4) is 11.5 Å². The van der Waals surface area contributed by atoms with Crippen molar-refractivity contribution in [3.05, 3.63) is 18.2 Å². The zero-order valence-corrected chi connectivity index (χ0v) is 16.5. The Hall–Kier alpha value is -2.29. The van der Waals surface area contributed by atoms with Crippen LogP contribution in [0.15, 0.2) is 18.2 Å². The molecule has 1 aromatic rings. The van der Waals surface area contributed by atoms with Gasteiger partial charge in [0.05, 0.1) is 11.5 Å². The predicted octanol–water partition coefficient (Wildman–Crippen LogP) is 1.07. The number of sulfone groups is 1. The Morgan fingerprint density at radius 2 is 1.85 bits per heavy atom. The van der Waals surface area contributed by atoms with Gasteiger partial charge in [0, 0.05) is 24.8 Å². The molecule has 0 spiro atoms. The van der Waals surface area contributed by atoms with E-state index in [1.54, 1.807) is 25.2 Å². The minimum Gasteiger partial charge on any atom is -0.486 e. The molecule has 0 saturated carbocycles. The molecule has 0 bridgehead atoms. The summed E-state index contributed by atoms with van der Waals surface area (Å²) in [6.07, 6.45) is 0.393. The minimum absolute atomic E-state index is 0.0604. The lowest BCUT2D eigenvalue weighted by molar-refractivity contribution is -0.146. The molecule has 1 saturated heterocycles. The van der Waals surface area contributed by atoms with Crippen LogP contribution in [-0.4, -0.2) is 62.9 Å². The van der Waals surface area contributed by atoms with Gasteiger partial charge in [-0.3, -0.25) is 9.59 Å². The number of hydrogen-bond donors (Lipinski definition) is 1. The first kappa shape index (κ1) is 19.5. The lowest BCUT2D eigenvalue weighted by Crippen LogP contribution is -2.49. The highest BCUT2D eigenvalue weighted by Gasteiger charge is 2.42. The van der Waals surface area contributed by atoms with Crippen molar-refractivity contribution in [1.29, 1.82) is 0 Å². The molecule has 1 aromatic carbocycles. The number of hydrogen-bond acceptors (Lipinski definition) is 6. The zero-order chi connectivity index (χ0) is 19.8. The fourth-order valence-corrected chi connectivity index (χ4v) is 4.97. The summed E-state index contributed by atoms with van der Waals surface area (Å²) < 4.78 is 34.3. The van der Waals surface area contributed by atoms with Crippen LogP contribution in [0.3, 0.4) is 0 Å². The van der Waals surface area contributed by atoms with E-state index >= 15 is 0 Å². The van der Waals surface area contributed by atoms with Crippen molar-refractivity contribution in [3.63, 3.8) is 0 Å². The van der Waals surface area contributed by atoms with Gasteiger partial charge < -0.3 is 19.7 Å². The Bertz CT molecular complexity index is 865. The van der Waals surface area contributed by atoms with Crippen LogP contribution < -0.4 is 14.8 Å². The number of ether oxygens (including phenoxy) is 2. The van der Waals surface area contributed by atoms with E-state index in [-0.39, 0.29) is 11.5 Å². The van der Waals surface area contributed by atoms with Gasteiger partial charge in [0.1, 0.15) is 18.6 Å². The molecule has 2 aliphatic rings. The molecule has 1 atom stereocenters. The number of fused-ring (bicyclic) bond motifs is 1. The third-order valence-electron chi connectivity index (χ3n) is 4.98. The molecule has 8 nitrogen and oxygen atoms in total. The van der Waals surface area contributed by atoms with E-state index in [1.165, 1.54) is 18.7 Å². The Morgan fingerprint density at radius 1 is 1.19 bits per heavy atom. The smallest absolute Gasteiger partial charge is 0.239 e. The molecule has 0 aromatic heterocycles. The molecule has 2 heterocycles. The van der Waals surface area contributed by atoms with E-state index in [0.29, 0.717) is 36.8 Å². The quantitative estimate of drug-likeness (QED) is 0.764. The summed E-state index contributed by atoms with van der Waals surface area (Å²) in [4.78, 5) is 27.0. The van der Waals surface area contributed by atoms with E-state index < -0.39 is 33.1 Å². The number of benzene rings is 1. The highest BCUT2D eigenvalue weighted by molar-refractivity contribution is 7.91. The molecular formula is C18H24N2O6S. The van der Waals surface area contributed by atoms with Gasteiger partial charge in [-0.2, -0.15) is 0 Å². The van der Waals surface area contributed by atoms with Crippen LogP contribution in [-0.2, 0) is 19.4 Å². The Balaban J connectivity index is 1.70. The molecule has 27 heavy (non-hydrogen) atoms. The monoisotopic (exact) mass is 396 g/mol. The van der Waals surface area contributed by atoms with Crippen molar-refractivity contribution in [1.82, 2.24) is 4.90 Å². The normalized spacial score (nSPS) is 20.8. The molecule has 0 radical (unpaired) electrons. The van der Waals surface area contributed by atoms with Crippen molar-refractivity contribution >= 4 is 27.3 Å². The van der Waals surface area contributed by atoms with Crippen molar-refractivity contribution in [2.24, 2.45) is 5.41 Å². The number of amides is 2. The van der Waals surface area contributed by atoms with Gasteiger partial charge in [-0.05, 0) is 32.4 Å². The number of rotatable bonds is 4. The highest BCUT2D eigenvalue weighted by atomic mass is 32.2. The first-order valence-electron chi connectivity index (χ1n) is 8.79. The van der Waals surface area contributed by atoms with Crippen molar-refractivity contribution in [2.45, 2.75) is 26.3 Å². The summed E-state index contributed by atoms with van der Waals surface area (Å²) in [5, 5.41) is 2.73. The maximum absolute atomic E-state index is 12.9. The van der Waals surface area contributed by atoms with Crippen LogP contribution in [0.1, 0.15) is 20.3 Å². The molecule has 3 rings (SSSR count). The fraction of sp³-hybridized carbons (Fsp3) is 0.556. The molecule has 1 N–H and O–H groups in total. The summed E-state index contributed by atoms with van der Waals surface area (Å²) in [5.41, 5.74) is -0.856. The second kappa shape index (κ2) is 7.03. The van der Waals surface area contributed by atoms with Gasteiger partial charge in [0.2, 0.25) is 11.8 Å². The molecule has 9 heteroatoms. The van der Waals surface area contributed by atoms with Gasteiger partial charge >= 0.3 is 0 Å². The summed E-state index contributed by atoms with van der Waals surface area (Å²) in [6.45, 7) is 3.97. The van der Waals surface area contributed by atoms with Gasteiger partial charge in [-0.15, -0.1) is 0 Å². The van der Waals surface area contributed by atoms with E-state index in [1.807, 2.05) is 0 Å². The van der Waals surface area contributed by atoms with Crippen LogP contribution in [0.2, 0.25) is 0 Å². The summed E-state index contributed by atoms with van der Waals surface area (Å²) in [5.74, 6) is 0.263. The number of nitrogens with one attached hydrogen (secondary N) is 1. The van der Waals surface area contributed by atoms with E-state index in [9.17, 15) is 18.0 Å². The molecule has 2 amide bonds. The molecule has 0 aliphatic carbocycles. The molecule has 148 valence electrons. The standard InChI is InChI=1S/C18H24N2O6S/c1-18(2,17(22)20(3)13-6-9-27(23,24)11-13)16(21)19-12-4-5-14-15(10-12)26-8-7-25-14/h4-5,10,13H,6-9,11H2,1-3H3,(H,19,21). The zero-order valence-electron chi connectivity index (χ0n) is 15.6. The highest BCUT2D eigenvalue weighted by Crippen LogP contribution is 2.33. The van der Waals surface area contributed by atoms with Gasteiger partial charge in [-0.1, -0.05) is 0 Å². The van der Waals surface area contributed by atoms with Crippen LogP contribution in [0.25, 0.3) is 0 Å². The lowest BCUT2D eigenvalue weighted by Gasteiger charge is -2.31.